The van der Waals surface area contributed by atoms with Crippen LogP contribution < -0.4 is 29.6 Å². The van der Waals surface area contributed by atoms with Gasteiger partial charge >= 0.3 is 0 Å². The van der Waals surface area contributed by atoms with Crippen molar-refractivity contribution in [3.05, 3.63) is 83.4 Å². The fourth-order valence-corrected chi connectivity index (χ4v) is 3.31. The van der Waals surface area contributed by atoms with Crippen LogP contribution in [-0.4, -0.2) is 39.8 Å². The highest BCUT2D eigenvalue weighted by molar-refractivity contribution is 5.97. The zero-order valence-corrected chi connectivity index (χ0v) is 20.3. The van der Waals surface area contributed by atoms with Crippen LogP contribution in [0.4, 0.5) is 0 Å². The van der Waals surface area contributed by atoms with E-state index in [9.17, 15) is 9.59 Å². The van der Waals surface area contributed by atoms with Gasteiger partial charge in [0.1, 0.15) is 17.7 Å². The van der Waals surface area contributed by atoms with Gasteiger partial charge in [0.2, 0.25) is 0 Å². The number of nitrogens with one attached hydrogen (secondary N) is 2. The normalized spacial score (nSPS) is 10.4. The molecule has 8 nitrogen and oxygen atoms in total. The Hall–Kier alpha value is -4.20. The van der Waals surface area contributed by atoms with E-state index in [4.69, 9.17) is 18.9 Å². The van der Waals surface area contributed by atoms with E-state index in [1.807, 2.05) is 6.92 Å². The summed E-state index contributed by atoms with van der Waals surface area (Å²) in [6.45, 7) is 2.50. The topological polar surface area (TPSA) is 95.1 Å². The molecule has 0 aliphatic carbocycles. The number of rotatable bonds is 11. The molecule has 0 saturated heterocycles. The number of amides is 2. The van der Waals surface area contributed by atoms with Gasteiger partial charge in [-0.05, 0) is 72.6 Å². The molecule has 0 heterocycles. The number of carbonyl (C=O) groups excluding carboxylic acids is 2. The molecular weight excluding hydrogens is 448 g/mol. The van der Waals surface area contributed by atoms with E-state index in [0.29, 0.717) is 46.3 Å². The van der Waals surface area contributed by atoms with Crippen LogP contribution in [0.5, 0.6) is 23.0 Å². The molecule has 0 radical (unpaired) electrons. The summed E-state index contributed by atoms with van der Waals surface area (Å²) in [7, 11) is 4.67. The second-order valence-electron chi connectivity index (χ2n) is 7.60. The largest absolute Gasteiger partial charge is 0.497 e. The van der Waals surface area contributed by atoms with E-state index >= 15 is 0 Å². The van der Waals surface area contributed by atoms with E-state index in [2.05, 4.69) is 10.6 Å². The summed E-state index contributed by atoms with van der Waals surface area (Å²) >= 11 is 0. The van der Waals surface area contributed by atoms with E-state index in [1.165, 1.54) is 0 Å². The molecule has 0 bridgehead atoms. The van der Waals surface area contributed by atoms with Gasteiger partial charge < -0.3 is 29.6 Å². The number of ether oxygens (including phenoxy) is 4. The maximum Gasteiger partial charge on any atom is 0.253 e. The van der Waals surface area contributed by atoms with Crippen molar-refractivity contribution in [1.29, 1.82) is 0 Å². The average Bonchev–Trinajstić information content (AvgIpc) is 2.91. The summed E-state index contributed by atoms with van der Waals surface area (Å²) in [5, 5.41) is 5.80. The predicted molar refractivity (Wildman–Crippen MR) is 132 cm³/mol. The molecule has 0 atom stereocenters. The highest BCUT2D eigenvalue weighted by Gasteiger charge is 2.21. The molecule has 0 unspecified atom stereocenters. The maximum absolute atomic E-state index is 13.0. The first-order valence-corrected chi connectivity index (χ1v) is 11.2. The summed E-state index contributed by atoms with van der Waals surface area (Å²) in [5.74, 6) is 1.63. The molecule has 3 rings (SSSR count). The number of hydrogen-bond donors (Lipinski definition) is 2. The first-order valence-electron chi connectivity index (χ1n) is 11.2. The third-order valence-corrected chi connectivity index (χ3v) is 5.24. The van der Waals surface area contributed by atoms with E-state index in [0.717, 1.165) is 6.42 Å². The third kappa shape index (κ3) is 6.66. The number of carbonyl (C=O) groups is 2. The predicted octanol–water partition coefficient (Wildman–Crippen LogP) is 4.36. The van der Waals surface area contributed by atoms with Gasteiger partial charge in [-0.2, -0.15) is 0 Å². The summed E-state index contributed by atoms with van der Waals surface area (Å²) in [6.07, 6.45) is -0.0201. The molecule has 2 amide bonds. The summed E-state index contributed by atoms with van der Waals surface area (Å²) < 4.78 is 21.5. The minimum absolute atomic E-state index is 0.362. The molecule has 3 aromatic rings. The van der Waals surface area contributed by atoms with Crippen molar-refractivity contribution < 1.29 is 28.5 Å². The van der Waals surface area contributed by atoms with Crippen molar-refractivity contribution in [2.45, 2.75) is 19.5 Å². The Bertz CT molecular complexity index is 1070. The van der Waals surface area contributed by atoms with Crippen LogP contribution in [0.3, 0.4) is 0 Å². The number of methoxy groups -OCH3 is 3. The molecule has 8 heteroatoms. The number of benzene rings is 3. The quantitative estimate of drug-likeness (QED) is 0.398. The Balaban J connectivity index is 1.90. The smallest absolute Gasteiger partial charge is 0.253 e. The van der Waals surface area contributed by atoms with Crippen LogP contribution in [0, 0.1) is 0 Å². The second kappa shape index (κ2) is 12.3. The molecular formula is C27H30N2O6. The van der Waals surface area contributed by atoms with Gasteiger partial charge in [-0.3, -0.25) is 9.59 Å². The summed E-state index contributed by atoms with van der Waals surface area (Å²) in [6, 6.07) is 18.7. The van der Waals surface area contributed by atoms with Gasteiger partial charge in [-0.25, -0.2) is 0 Å². The minimum atomic E-state index is -0.839. The second-order valence-corrected chi connectivity index (χ2v) is 7.60. The first-order chi connectivity index (χ1) is 17.0. The van der Waals surface area contributed by atoms with Crippen LogP contribution in [-0.2, 0) is 0 Å². The van der Waals surface area contributed by atoms with Crippen LogP contribution in [0.2, 0.25) is 0 Å². The van der Waals surface area contributed by atoms with Crippen molar-refractivity contribution in [3.63, 3.8) is 0 Å². The fraction of sp³-hybridized carbons (Fsp3) is 0.259. The van der Waals surface area contributed by atoms with Crippen molar-refractivity contribution in [3.8, 4) is 23.0 Å². The molecule has 0 saturated carbocycles. The van der Waals surface area contributed by atoms with E-state index in [1.54, 1.807) is 88.1 Å². The van der Waals surface area contributed by atoms with Gasteiger partial charge in [0, 0.05) is 11.1 Å². The van der Waals surface area contributed by atoms with Crippen LogP contribution >= 0.6 is 0 Å². The first kappa shape index (κ1) is 25.4. The lowest BCUT2D eigenvalue weighted by Gasteiger charge is -2.22. The Morgan fingerprint density at radius 2 is 1.23 bits per heavy atom. The Labute approximate surface area is 205 Å². The lowest BCUT2D eigenvalue weighted by molar-refractivity contribution is 0.0883. The molecule has 3 aromatic carbocycles. The molecule has 2 N–H and O–H groups in total. The molecule has 35 heavy (non-hydrogen) atoms. The van der Waals surface area contributed by atoms with Crippen LogP contribution in [0.25, 0.3) is 0 Å². The molecule has 0 spiro atoms. The average molecular weight is 479 g/mol. The monoisotopic (exact) mass is 478 g/mol. The van der Waals surface area contributed by atoms with Gasteiger partial charge in [0.05, 0.1) is 27.9 Å². The minimum Gasteiger partial charge on any atom is -0.497 e. The standard InChI is InChI=1S/C27H30N2O6/c1-5-16-35-24-17-20(10-15-23(24)34-4)25(28-26(30)18-6-11-21(32-2)12-7-18)29-27(31)19-8-13-22(33-3)14-9-19/h6-15,17,25H,5,16H2,1-4H3,(H,28,30)(H,29,31). The van der Waals surface area contributed by atoms with Gasteiger partial charge in [-0.15, -0.1) is 0 Å². The van der Waals surface area contributed by atoms with Crippen molar-refractivity contribution >= 4 is 11.8 Å². The Kier molecular flexibility index (Phi) is 8.95. The fourth-order valence-electron chi connectivity index (χ4n) is 3.31. The van der Waals surface area contributed by atoms with Gasteiger partial charge in [0.15, 0.2) is 11.5 Å². The third-order valence-electron chi connectivity index (χ3n) is 5.24. The zero-order valence-electron chi connectivity index (χ0n) is 20.3. The maximum atomic E-state index is 13.0. The lowest BCUT2D eigenvalue weighted by Crippen LogP contribution is -2.41. The van der Waals surface area contributed by atoms with E-state index < -0.39 is 6.17 Å². The van der Waals surface area contributed by atoms with Gasteiger partial charge in [0.25, 0.3) is 11.8 Å². The zero-order chi connectivity index (χ0) is 25.2. The van der Waals surface area contributed by atoms with Crippen LogP contribution in [0.15, 0.2) is 66.7 Å². The molecule has 0 aliphatic rings. The Morgan fingerprint density at radius 1 is 0.714 bits per heavy atom. The van der Waals surface area contributed by atoms with Crippen molar-refractivity contribution in [1.82, 2.24) is 10.6 Å². The van der Waals surface area contributed by atoms with Crippen LogP contribution in [0.1, 0.15) is 45.8 Å². The van der Waals surface area contributed by atoms with E-state index in [-0.39, 0.29) is 11.8 Å². The molecule has 0 fully saturated rings. The van der Waals surface area contributed by atoms with Gasteiger partial charge in [-0.1, -0.05) is 13.0 Å². The highest BCUT2D eigenvalue weighted by Crippen LogP contribution is 2.30. The SMILES string of the molecule is CCCOc1cc(C(NC(=O)c2ccc(OC)cc2)NC(=O)c2ccc(OC)cc2)ccc1OC. The highest BCUT2D eigenvalue weighted by atomic mass is 16.5. The summed E-state index contributed by atoms with van der Waals surface area (Å²) in [4.78, 5) is 26.1. The van der Waals surface area contributed by atoms with Crippen molar-refractivity contribution in [2.24, 2.45) is 0 Å². The molecule has 0 aromatic heterocycles. The molecule has 0 aliphatic heterocycles. The Morgan fingerprint density at radius 3 is 1.66 bits per heavy atom. The summed E-state index contributed by atoms with van der Waals surface area (Å²) in [5.41, 5.74) is 1.47. The number of hydrogen-bond acceptors (Lipinski definition) is 6. The molecule has 184 valence electrons. The lowest BCUT2D eigenvalue weighted by atomic mass is 10.1. The van der Waals surface area contributed by atoms with Crippen molar-refractivity contribution in [2.75, 3.05) is 27.9 Å².